The van der Waals surface area contributed by atoms with E-state index in [4.69, 9.17) is 0 Å². The van der Waals surface area contributed by atoms with Crippen LogP contribution >= 0.6 is 0 Å². The van der Waals surface area contributed by atoms with Gasteiger partial charge in [0.15, 0.2) is 5.78 Å². The fourth-order valence-corrected chi connectivity index (χ4v) is 2.26. The highest BCUT2D eigenvalue weighted by Crippen LogP contribution is 2.26. The molecule has 1 aromatic rings. The summed E-state index contributed by atoms with van der Waals surface area (Å²) in [6, 6.07) is 1.87. The number of fused-ring (bicyclic) bond motifs is 3. The van der Waals surface area contributed by atoms with Crippen molar-refractivity contribution in [3.05, 3.63) is 35.2 Å². The zero-order valence-electron chi connectivity index (χ0n) is 7.62. The van der Waals surface area contributed by atoms with Crippen LogP contribution in [0, 0.1) is 0 Å². The van der Waals surface area contributed by atoms with Crippen LogP contribution in [0.3, 0.4) is 0 Å². The number of nitrogens with zero attached hydrogens (tertiary/aromatic N) is 1. The predicted octanol–water partition coefficient (Wildman–Crippen LogP) is 1.37. The molecule has 2 aliphatic rings. The van der Waals surface area contributed by atoms with Crippen molar-refractivity contribution in [2.75, 3.05) is 0 Å². The molecule has 0 radical (unpaired) electrons. The standard InChI is InChI=1S/C11H9NO2/c13-9-3-4-10(14)11-8(9)6-7-2-1-5-12(7)11/h3-4,6H,1-2,5H2. The molecule has 0 amide bonds. The SMILES string of the molecule is O=C1C=CC(=O)c2c1cc1n2CCC1. The van der Waals surface area contributed by atoms with Crippen LogP contribution in [0.15, 0.2) is 18.2 Å². The average molecular weight is 187 g/mol. The Kier molecular flexibility index (Phi) is 1.35. The molecule has 0 saturated heterocycles. The summed E-state index contributed by atoms with van der Waals surface area (Å²) in [7, 11) is 0. The van der Waals surface area contributed by atoms with E-state index in [1.54, 1.807) is 0 Å². The van der Waals surface area contributed by atoms with Crippen LogP contribution < -0.4 is 0 Å². The molecule has 0 atom stereocenters. The van der Waals surface area contributed by atoms with Crippen molar-refractivity contribution in [1.82, 2.24) is 4.57 Å². The molecule has 0 N–H and O–H groups in total. The van der Waals surface area contributed by atoms with Crippen molar-refractivity contribution < 1.29 is 9.59 Å². The molecule has 1 aliphatic heterocycles. The summed E-state index contributed by atoms with van der Waals surface area (Å²) in [6.07, 6.45) is 4.79. The summed E-state index contributed by atoms with van der Waals surface area (Å²) in [5.74, 6) is -0.0748. The van der Waals surface area contributed by atoms with E-state index in [0.717, 1.165) is 25.1 Å². The molecule has 0 aromatic carbocycles. The fourth-order valence-electron chi connectivity index (χ4n) is 2.26. The Balaban J connectivity index is 2.30. The fraction of sp³-hybridized carbons (Fsp3) is 0.273. The lowest BCUT2D eigenvalue weighted by Crippen LogP contribution is -2.14. The molecule has 3 rings (SSSR count). The number of rotatable bonds is 0. The van der Waals surface area contributed by atoms with Gasteiger partial charge in [-0.15, -0.1) is 0 Å². The third-order valence-corrected chi connectivity index (χ3v) is 2.88. The lowest BCUT2D eigenvalue weighted by molar-refractivity contribution is 0.0988. The maximum atomic E-state index is 11.6. The largest absolute Gasteiger partial charge is 0.341 e. The predicted molar refractivity (Wildman–Crippen MR) is 50.6 cm³/mol. The first-order valence-corrected chi connectivity index (χ1v) is 4.76. The van der Waals surface area contributed by atoms with Crippen LogP contribution in [0.1, 0.15) is 33.0 Å². The summed E-state index contributed by atoms with van der Waals surface area (Å²) in [5, 5.41) is 0. The number of hydrogen-bond donors (Lipinski definition) is 0. The zero-order valence-corrected chi connectivity index (χ0v) is 7.62. The first-order valence-electron chi connectivity index (χ1n) is 4.76. The van der Waals surface area contributed by atoms with Gasteiger partial charge in [0, 0.05) is 12.2 Å². The van der Waals surface area contributed by atoms with Crippen LogP contribution in [0.2, 0.25) is 0 Å². The smallest absolute Gasteiger partial charge is 0.203 e. The summed E-state index contributed by atoms with van der Waals surface area (Å²) in [5.41, 5.74) is 2.32. The number of aromatic nitrogens is 1. The van der Waals surface area contributed by atoms with E-state index in [2.05, 4.69) is 0 Å². The summed E-state index contributed by atoms with van der Waals surface area (Å²) >= 11 is 0. The van der Waals surface area contributed by atoms with Gasteiger partial charge in [-0.2, -0.15) is 0 Å². The first-order chi connectivity index (χ1) is 6.77. The summed E-state index contributed by atoms with van der Waals surface area (Å²) in [4.78, 5) is 23.1. The molecule has 0 bridgehead atoms. The topological polar surface area (TPSA) is 39.1 Å². The molecule has 14 heavy (non-hydrogen) atoms. The second kappa shape index (κ2) is 2.44. The normalized spacial score (nSPS) is 18.6. The number of hydrogen-bond acceptors (Lipinski definition) is 2. The summed E-state index contributed by atoms with van der Waals surface area (Å²) < 4.78 is 1.99. The van der Waals surface area contributed by atoms with Crippen molar-refractivity contribution in [3.8, 4) is 0 Å². The average Bonchev–Trinajstić information content (AvgIpc) is 2.70. The van der Waals surface area contributed by atoms with Crippen molar-refractivity contribution >= 4 is 11.6 Å². The molecule has 0 unspecified atom stereocenters. The molecule has 1 aliphatic carbocycles. The van der Waals surface area contributed by atoms with Gasteiger partial charge in [-0.25, -0.2) is 0 Å². The lowest BCUT2D eigenvalue weighted by Gasteiger charge is -2.07. The monoisotopic (exact) mass is 187 g/mol. The second-order valence-electron chi connectivity index (χ2n) is 3.71. The van der Waals surface area contributed by atoms with Gasteiger partial charge in [0.05, 0.1) is 5.56 Å². The van der Waals surface area contributed by atoms with Crippen molar-refractivity contribution in [1.29, 1.82) is 0 Å². The van der Waals surface area contributed by atoms with Crippen molar-refractivity contribution in [2.45, 2.75) is 19.4 Å². The molecular weight excluding hydrogens is 178 g/mol. The molecule has 0 spiro atoms. The van der Waals surface area contributed by atoms with Gasteiger partial charge in [0.25, 0.3) is 0 Å². The molecule has 3 heteroatoms. The van der Waals surface area contributed by atoms with E-state index in [0.29, 0.717) is 11.3 Å². The third kappa shape index (κ3) is 0.816. The van der Waals surface area contributed by atoms with E-state index in [-0.39, 0.29) is 11.6 Å². The van der Waals surface area contributed by atoms with E-state index in [1.807, 2.05) is 10.6 Å². The zero-order chi connectivity index (χ0) is 9.71. The van der Waals surface area contributed by atoms with E-state index >= 15 is 0 Å². The van der Waals surface area contributed by atoms with Gasteiger partial charge in [0.1, 0.15) is 5.69 Å². The van der Waals surface area contributed by atoms with Crippen LogP contribution in [0.4, 0.5) is 0 Å². The minimum Gasteiger partial charge on any atom is -0.341 e. The number of carbonyl (C=O) groups is 2. The molecule has 70 valence electrons. The number of carbonyl (C=O) groups excluding carboxylic acids is 2. The number of aryl methyl sites for hydroxylation is 1. The van der Waals surface area contributed by atoms with Gasteiger partial charge in [0.2, 0.25) is 5.78 Å². The maximum Gasteiger partial charge on any atom is 0.203 e. The Hall–Kier alpha value is -1.64. The van der Waals surface area contributed by atoms with E-state index in [1.165, 1.54) is 12.2 Å². The molecule has 3 nitrogen and oxygen atoms in total. The highest BCUT2D eigenvalue weighted by molar-refractivity contribution is 6.21. The highest BCUT2D eigenvalue weighted by atomic mass is 16.1. The second-order valence-corrected chi connectivity index (χ2v) is 3.71. The van der Waals surface area contributed by atoms with Gasteiger partial charge in [-0.3, -0.25) is 9.59 Å². The van der Waals surface area contributed by atoms with Gasteiger partial charge in [-0.05, 0) is 31.1 Å². The minimum atomic E-state index is -0.0403. The van der Waals surface area contributed by atoms with Crippen LogP contribution in [-0.4, -0.2) is 16.1 Å². The molecule has 2 heterocycles. The van der Waals surface area contributed by atoms with Crippen molar-refractivity contribution in [3.63, 3.8) is 0 Å². The van der Waals surface area contributed by atoms with Crippen LogP contribution in [0.5, 0.6) is 0 Å². The molecule has 0 saturated carbocycles. The quantitative estimate of drug-likeness (QED) is 0.615. The Labute approximate surface area is 81.0 Å². The van der Waals surface area contributed by atoms with Crippen molar-refractivity contribution in [2.24, 2.45) is 0 Å². The molecular formula is C11H9NO2. The highest BCUT2D eigenvalue weighted by Gasteiger charge is 2.27. The Morgan fingerprint density at radius 2 is 1.93 bits per heavy atom. The van der Waals surface area contributed by atoms with Crippen LogP contribution in [0.25, 0.3) is 0 Å². The van der Waals surface area contributed by atoms with Gasteiger partial charge < -0.3 is 4.57 Å². The van der Waals surface area contributed by atoms with Gasteiger partial charge >= 0.3 is 0 Å². The lowest BCUT2D eigenvalue weighted by atomic mass is 10.0. The number of allylic oxidation sites excluding steroid dienone is 2. The Morgan fingerprint density at radius 3 is 2.79 bits per heavy atom. The molecule has 1 aromatic heterocycles. The Morgan fingerprint density at radius 1 is 1.14 bits per heavy atom. The van der Waals surface area contributed by atoms with E-state index < -0.39 is 0 Å². The summed E-state index contributed by atoms with van der Waals surface area (Å²) in [6.45, 7) is 0.873. The Bertz CT molecular complexity index is 480. The maximum absolute atomic E-state index is 11.6. The number of ketones is 2. The van der Waals surface area contributed by atoms with Gasteiger partial charge in [-0.1, -0.05) is 0 Å². The molecule has 0 fully saturated rings. The third-order valence-electron chi connectivity index (χ3n) is 2.88. The first kappa shape index (κ1) is 7.74. The minimum absolute atomic E-state index is 0.0345. The van der Waals surface area contributed by atoms with E-state index in [9.17, 15) is 9.59 Å². The van der Waals surface area contributed by atoms with Crippen LogP contribution in [-0.2, 0) is 13.0 Å².